The summed E-state index contributed by atoms with van der Waals surface area (Å²) in [6, 6.07) is 0. The van der Waals surface area contributed by atoms with Crippen LogP contribution in [0.25, 0.3) is 0 Å². The third-order valence-electron chi connectivity index (χ3n) is 2.13. The van der Waals surface area contributed by atoms with Gasteiger partial charge < -0.3 is 10.0 Å². The molecule has 4 heteroatoms. The van der Waals surface area contributed by atoms with Crippen molar-refractivity contribution >= 4 is 0 Å². The molecule has 0 radical (unpaired) electrons. The Hall–Kier alpha value is -0.160. The van der Waals surface area contributed by atoms with Crippen molar-refractivity contribution in [1.82, 2.24) is 9.80 Å². The van der Waals surface area contributed by atoms with Gasteiger partial charge >= 0.3 is 0 Å². The van der Waals surface area contributed by atoms with Gasteiger partial charge in [0, 0.05) is 19.6 Å². The Morgan fingerprint density at radius 1 is 1.27 bits per heavy atom. The molecular weight excluding hydrogens is 142 g/mol. The van der Waals surface area contributed by atoms with E-state index in [9.17, 15) is 0 Å². The molecule has 1 aliphatic heterocycles. The molecule has 1 rings (SSSR count). The molecule has 3 N–H and O–H groups in total. The summed E-state index contributed by atoms with van der Waals surface area (Å²) in [4.78, 5) is 4.14. The minimum atomic E-state index is -0.776. The van der Waals surface area contributed by atoms with Crippen molar-refractivity contribution in [2.24, 2.45) is 5.73 Å². The molecule has 0 aromatic carbocycles. The first-order valence-corrected chi connectivity index (χ1v) is 4.06. The number of nitrogens with zero attached hydrogens (tertiary/aromatic N) is 2. The molecule has 11 heavy (non-hydrogen) atoms. The maximum absolute atomic E-state index is 9.07. The van der Waals surface area contributed by atoms with Gasteiger partial charge in [-0.05, 0) is 20.0 Å². The van der Waals surface area contributed by atoms with Crippen molar-refractivity contribution in [1.29, 1.82) is 0 Å². The van der Waals surface area contributed by atoms with Crippen LogP contribution in [-0.4, -0.2) is 54.5 Å². The van der Waals surface area contributed by atoms with E-state index in [0.29, 0.717) is 0 Å². The Kier molecular flexibility index (Phi) is 3.26. The first-order chi connectivity index (χ1) is 5.20. The van der Waals surface area contributed by atoms with E-state index in [2.05, 4.69) is 11.9 Å². The summed E-state index contributed by atoms with van der Waals surface area (Å²) >= 11 is 0. The van der Waals surface area contributed by atoms with Crippen molar-refractivity contribution in [2.75, 3.05) is 33.2 Å². The second kappa shape index (κ2) is 4.01. The summed E-state index contributed by atoms with van der Waals surface area (Å²) < 4.78 is 0. The summed E-state index contributed by atoms with van der Waals surface area (Å²) in [5.41, 5.74) is 5.34. The van der Waals surface area contributed by atoms with E-state index in [1.54, 1.807) is 0 Å². The number of hydrogen-bond donors (Lipinski definition) is 2. The van der Waals surface area contributed by atoms with Gasteiger partial charge in [-0.2, -0.15) is 0 Å². The lowest BCUT2D eigenvalue weighted by Gasteiger charge is -2.22. The van der Waals surface area contributed by atoms with E-state index >= 15 is 0 Å². The summed E-state index contributed by atoms with van der Waals surface area (Å²) in [5.74, 6) is 0. The van der Waals surface area contributed by atoms with Gasteiger partial charge in [-0.1, -0.05) is 0 Å². The highest BCUT2D eigenvalue weighted by molar-refractivity contribution is 4.66. The van der Waals surface area contributed by atoms with Crippen LogP contribution in [0.1, 0.15) is 6.42 Å². The van der Waals surface area contributed by atoms with Crippen LogP contribution in [-0.2, 0) is 0 Å². The summed E-state index contributed by atoms with van der Waals surface area (Å²) in [7, 11) is 2.09. The largest absolute Gasteiger partial charge is 0.365 e. The molecule has 1 unspecified atom stereocenters. The van der Waals surface area contributed by atoms with Crippen LogP contribution in [0.2, 0.25) is 0 Å². The lowest BCUT2D eigenvalue weighted by Crippen LogP contribution is -2.43. The van der Waals surface area contributed by atoms with E-state index in [0.717, 1.165) is 32.6 Å². The van der Waals surface area contributed by atoms with E-state index in [-0.39, 0.29) is 0 Å². The first-order valence-electron chi connectivity index (χ1n) is 4.06. The minimum Gasteiger partial charge on any atom is -0.365 e. The fourth-order valence-electron chi connectivity index (χ4n) is 1.33. The van der Waals surface area contributed by atoms with Gasteiger partial charge in [0.05, 0.1) is 0 Å². The summed E-state index contributed by atoms with van der Waals surface area (Å²) in [6.45, 7) is 3.87. The molecule has 0 spiro atoms. The fourth-order valence-corrected chi connectivity index (χ4v) is 1.33. The van der Waals surface area contributed by atoms with Gasteiger partial charge in [0.2, 0.25) is 0 Å². The van der Waals surface area contributed by atoms with E-state index in [1.165, 1.54) is 0 Å². The van der Waals surface area contributed by atoms with Crippen molar-refractivity contribution in [3.8, 4) is 0 Å². The maximum Gasteiger partial charge on any atom is 0.160 e. The molecular formula is C7H17N3O. The zero-order valence-corrected chi connectivity index (χ0v) is 7.03. The quantitative estimate of drug-likeness (QED) is 0.475. The predicted octanol–water partition coefficient (Wildman–Crippen LogP) is -1.14. The zero-order chi connectivity index (χ0) is 8.27. The third kappa shape index (κ3) is 2.75. The number of rotatable bonds is 1. The molecule has 1 saturated heterocycles. The van der Waals surface area contributed by atoms with Gasteiger partial charge in [0.15, 0.2) is 6.35 Å². The summed E-state index contributed by atoms with van der Waals surface area (Å²) in [6.07, 6.45) is 0.312. The van der Waals surface area contributed by atoms with Crippen LogP contribution < -0.4 is 5.73 Å². The van der Waals surface area contributed by atoms with Crippen LogP contribution in [0.15, 0.2) is 0 Å². The molecule has 0 saturated carbocycles. The van der Waals surface area contributed by atoms with Crippen LogP contribution in [0.3, 0.4) is 0 Å². The molecule has 1 heterocycles. The zero-order valence-electron chi connectivity index (χ0n) is 7.03. The maximum atomic E-state index is 9.07. The molecule has 0 aromatic rings. The minimum absolute atomic E-state index is 0.776. The second-order valence-corrected chi connectivity index (χ2v) is 3.11. The van der Waals surface area contributed by atoms with Crippen LogP contribution in [0.5, 0.6) is 0 Å². The lowest BCUT2D eigenvalue weighted by molar-refractivity contribution is 0.0122. The molecule has 0 amide bonds. The fraction of sp³-hybridized carbons (Fsp3) is 1.00. The SMILES string of the molecule is CN1CCCN(C(N)O)CC1. The number of likely N-dealkylation sites (N-methyl/N-ethyl adjacent to an activating group) is 1. The van der Waals surface area contributed by atoms with Crippen LogP contribution in [0, 0.1) is 0 Å². The Balaban J connectivity index is 2.34. The molecule has 1 atom stereocenters. The Bertz CT molecular complexity index is 118. The number of aliphatic hydroxyl groups excluding tert-OH is 1. The van der Waals surface area contributed by atoms with Crippen molar-refractivity contribution < 1.29 is 5.11 Å². The predicted molar refractivity (Wildman–Crippen MR) is 43.9 cm³/mol. The van der Waals surface area contributed by atoms with Gasteiger partial charge in [-0.15, -0.1) is 0 Å². The van der Waals surface area contributed by atoms with E-state index in [1.807, 2.05) is 4.90 Å². The Labute approximate surface area is 67.6 Å². The number of hydrogen-bond acceptors (Lipinski definition) is 4. The summed E-state index contributed by atoms with van der Waals surface area (Å²) in [5, 5.41) is 9.07. The third-order valence-corrected chi connectivity index (χ3v) is 2.13. The van der Waals surface area contributed by atoms with Gasteiger partial charge in [0.1, 0.15) is 0 Å². The Morgan fingerprint density at radius 3 is 2.64 bits per heavy atom. The Morgan fingerprint density at radius 2 is 2.00 bits per heavy atom. The molecule has 1 aliphatic rings. The first kappa shape index (κ1) is 8.93. The number of aliphatic hydroxyl groups is 1. The van der Waals surface area contributed by atoms with Crippen LogP contribution in [0.4, 0.5) is 0 Å². The van der Waals surface area contributed by atoms with E-state index < -0.39 is 6.35 Å². The molecule has 0 aromatic heterocycles. The standard InChI is InChI=1S/C7H17N3O/c1-9-3-2-4-10(6-5-9)7(8)11/h7,11H,2-6,8H2,1H3. The lowest BCUT2D eigenvalue weighted by atomic mass is 10.4. The monoisotopic (exact) mass is 159 g/mol. The molecule has 0 bridgehead atoms. The van der Waals surface area contributed by atoms with Crippen molar-refractivity contribution in [3.05, 3.63) is 0 Å². The van der Waals surface area contributed by atoms with Crippen molar-refractivity contribution in [3.63, 3.8) is 0 Å². The molecule has 1 fully saturated rings. The molecule has 4 nitrogen and oxygen atoms in total. The number of nitrogens with two attached hydrogens (primary N) is 1. The average molecular weight is 159 g/mol. The normalized spacial score (nSPS) is 26.5. The highest BCUT2D eigenvalue weighted by Crippen LogP contribution is 2.00. The highest BCUT2D eigenvalue weighted by atomic mass is 16.3. The molecule has 66 valence electrons. The van der Waals surface area contributed by atoms with Gasteiger partial charge in [-0.25, -0.2) is 0 Å². The van der Waals surface area contributed by atoms with Gasteiger partial charge in [-0.3, -0.25) is 10.6 Å². The molecule has 0 aliphatic carbocycles. The topological polar surface area (TPSA) is 52.7 Å². The van der Waals surface area contributed by atoms with Crippen molar-refractivity contribution in [2.45, 2.75) is 12.8 Å². The highest BCUT2D eigenvalue weighted by Gasteiger charge is 2.14. The smallest absolute Gasteiger partial charge is 0.160 e. The van der Waals surface area contributed by atoms with E-state index in [4.69, 9.17) is 10.8 Å². The second-order valence-electron chi connectivity index (χ2n) is 3.11. The van der Waals surface area contributed by atoms with Crippen LogP contribution >= 0.6 is 0 Å². The van der Waals surface area contributed by atoms with Gasteiger partial charge in [0.25, 0.3) is 0 Å². The average Bonchev–Trinajstić information content (AvgIpc) is 2.13.